The Bertz CT molecular complexity index is 637. The van der Waals surface area contributed by atoms with Crippen LogP contribution in [0.2, 0.25) is 0 Å². The molecule has 1 amide bonds. The van der Waals surface area contributed by atoms with Gasteiger partial charge in [0.2, 0.25) is 5.91 Å². The summed E-state index contributed by atoms with van der Waals surface area (Å²) < 4.78 is 0. The van der Waals surface area contributed by atoms with Crippen LogP contribution >= 0.6 is 0 Å². The molecule has 3 heteroatoms. The fourth-order valence-corrected chi connectivity index (χ4v) is 3.47. The Morgan fingerprint density at radius 2 is 1.48 bits per heavy atom. The molecule has 0 aromatic heterocycles. The maximum atomic E-state index is 12.8. The average molecular weight is 308 g/mol. The summed E-state index contributed by atoms with van der Waals surface area (Å²) in [6.45, 7) is 6.72. The molecule has 120 valence electrons. The van der Waals surface area contributed by atoms with Crippen molar-refractivity contribution in [1.82, 2.24) is 9.80 Å². The summed E-state index contributed by atoms with van der Waals surface area (Å²) in [6.07, 6.45) is 0. The molecule has 3 nitrogen and oxygen atoms in total. The second kappa shape index (κ2) is 6.97. The van der Waals surface area contributed by atoms with Crippen LogP contribution in [0.4, 0.5) is 0 Å². The van der Waals surface area contributed by atoms with Crippen molar-refractivity contribution in [3.8, 4) is 0 Å². The number of amides is 1. The Kier molecular flexibility index (Phi) is 4.77. The third kappa shape index (κ3) is 3.02. The number of carbonyl (C=O) groups excluding carboxylic acids is 1. The lowest BCUT2D eigenvalue weighted by molar-refractivity contribution is -0.161. The van der Waals surface area contributed by atoms with Crippen LogP contribution in [0.3, 0.4) is 0 Å². The summed E-state index contributed by atoms with van der Waals surface area (Å²) >= 11 is 0. The molecule has 1 aliphatic heterocycles. The number of likely N-dealkylation sites (N-methyl/N-ethyl adjacent to an activating group) is 1. The Morgan fingerprint density at radius 1 is 0.913 bits per heavy atom. The van der Waals surface area contributed by atoms with Gasteiger partial charge in [-0.3, -0.25) is 9.69 Å². The lowest BCUT2D eigenvalue weighted by Crippen LogP contribution is -2.65. The second-order valence-corrected chi connectivity index (χ2v) is 5.97. The first-order valence-electron chi connectivity index (χ1n) is 8.39. The van der Waals surface area contributed by atoms with Gasteiger partial charge in [0.15, 0.2) is 0 Å². The van der Waals surface area contributed by atoms with E-state index in [0.717, 1.165) is 13.1 Å². The van der Waals surface area contributed by atoms with Crippen LogP contribution in [-0.4, -0.2) is 34.8 Å². The minimum Gasteiger partial charge on any atom is -0.328 e. The van der Waals surface area contributed by atoms with E-state index in [1.54, 1.807) is 0 Å². The molecule has 0 spiro atoms. The van der Waals surface area contributed by atoms with Crippen LogP contribution in [0.15, 0.2) is 60.7 Å². The molecule has 2 atom stereocenters. The van der Waals surface area contributed by atoms with Crippen molar-refractivity contribution in [3.63, 3.8) is 0 Å². The molecule has 0 bridgehead atoms. The minimum absolute atomic E-state index is 0.0314. The van der Waals surface area contributed by atoms with Crippen LogP contribution in [0.5, 0.6) is 0 Å². The number of carbonyl (C=O) groups is 1. The average Bonchev–Trinajstić information content (AvgIpc) is 2.62. The first-order valence-corrected chi connectivity index (χ1v) is 8.39. The van der Waals surface area contributed by atoms with Crippen molar-refractivity contribution in [2.75, 3.05) is 13.1 Å². The maximum Gasteiger partial charge on any atom is 0.243 e. The number of nitrogens with zero attached hydrogens (tertiary/aromatic N) is 2. The summed E-state index contributed by atoms with van der Waals surface area (Å²) in [5.41, 5.74) is 2.40. The standard InChI is InChI=1S/C20H24N2O/c1-3-21(4-2)19-18(17-13-9-6-10-14-17)22(20(19)23)15-16-11-7-5-8-12-16/h5-14,18-19H,3-4,15H2,1-2H3/t18-,19-/m0/s1. The molecule has 1 aliphatic rings. The van der Waals surface area contributed by atoms with E-state index in [0.29, 0.717) is 6.54 Å². The van der Waals surface area contributed by atoms with E-state index in [4.69, 9.17) is 0 Å². The molecular weight excluding hydrogens is 284 g/mol. The summed E-state index contributed by atoms with van der Waals surface area (Å²) in [4.78, 5) is 17.1. The molecule has 2 aromatic rings. The summed E-state index contributed by atoms with van der Waals surface area (Å²) in [5.74, 6) is 0.242. The van der Waals surface area contributed by atoms with Crippen LogP contribution in [-0.2, 0) is 11.3 Å². The minimum atomic E-state index is -0.0314. The maximum absolute atomic E-state index is 12.8. The molecule has 0 aliphatic carbocycles. The third-order valence-electron chi connectivity index (χ3n) is 4.71. The molecule has 0 radical (unpaired) electrons. The Morgan fingerprint density at radius 3 is 2.04 bits per heavy atom. The van der Waals surface area contributed by atoms with Crippen molar-refractivity contribution < 1.29 is 4.79 Å². The van der Waals surface area contributed by atoms with Gasteiger partial charge in [-0.1, -0.05) is 74.5 Å². The molecular formula is C20H24N2O. The molecule has 23 heavy (non-hydrogen) atoms. The Balaban J connectivity index is 1.88. The first-order chi connectivity index (χ1) is 11.3. The topological polar surface area (TPSA) is 23.6 Å². The molecule has 1 fully saturated rings. The zero-order valence-corrected chi connectivity index (χ0v) is 13.9. The van der Waals surface area contributed by atoms with Crippen LogP contribution in [0.1, 0.15) is 31.0 Å². The van der Waals surface area contributed by atoms with Crippen LogP contribution < -0.4 is 0 Å². The highest BCUT2D eigenvalue weighted by Crippen LogP contribution is 2.39. The van der Waals surface area contributed by atoms with Gasteiger partial charge in [0.25, 0.3) is 0 Å². The number of hydrogen-bond acceptors (Lipinski definition) is 2. The third-order valence-corrected chi connectivity index (χ3v) is 4.71. The van der Waals surface area contributed by atoms with Gasteiger partial charge in [-0.2, -0.15) is 0 Å². The second-order valence-electron chi connectivity index (χ2n) is 5.97. The van der Waals surface area contributed by atoms with Crippen molar-refractivity contribution in [1.29, 1.82) is 0 Å². The molecule has 3 rings (SSSR count). The van der Waals surface area contributed by atoms with E-state index < -0.39 is 0 Å². The fraction of sp³-hybridized carbons (Fsp3) is 0.350. The molecule has 2 aromatic carbocycles. The van der Waals surface area contributed by atoms with Gasteiger partial charge in [0.1, 0.15) is 6.04 Å². The number of β-lactam (4-membered cyclic amide) rings is 1. The predicted molar refractivity (Wildman–Crippen MR) is 92.9 cm³/mol. The van der Waals surface area contributed by atoms with E-state index >= 15 is 0 Å². The zero-order valence-electron chi connectivity index (χ0n) is 13.9. The zero-order chi connectivity index (χ0) is 16.2. The highest BCUT2D eigenvalue weighted by atomic mass is 16.2. The van der Waals surface area contributed by atoms with Gasteiger partial charge in [-0.25, -0.2) is 0 Å². The van der Waals surface area contributed by atoms with Gasteiger partial charge >= 0.3 is 0 Å². The van der Waals surface area contributed by atoms with Gasteiger partial charge in [-0.15, -0.1) is 0 Å². The van der Waals surface area contributed by atoms with Gasteiger partial charge in [0, 0.05) is 6.54 Å². The van der Waals surface area contributed by atoms with E-state index in [2.05, 4.69) is 55.1 Å². The SMILES string of the molecule is CCN(CC)[C@@H]1C(=O)N(Cc2ccccc2)[C@H]1c1ccccc1. The summed E-state index contributed by atoms with van der Waals surface area (Å²) in [7, 11) is 0. The quantitative estimate of drug-likeness (QED) is 0.763. The predicted octanol–water partition coefficient (Wildman–Crippen LogP) is 3.48. The number of hydrogen-bond donors (Lipinski definition) is 0. The summed E-state index contributed by atoms with van der Waals surface area (Å²) in [5, 5.41) is 0. The van der Waals surface area contributed by atoms with Crippen molar-refractivity contribution >= 4 is 5.91 Å². The van der Waals surface area contributed by atoms with Crippen molar-refractivity contribution in [2.45, 2.75) is 32.5 Å². The molecule has 1 heterocycles. The highest BCUT2D eigenvalue weighted by Gasteiger charge is 2.50. The molecule has 0 saturated carbocycles. The van der Waals surface area contributed by atoms with Gasteiger partial charge in [0.05, 0.1) is 6.04 Å². The number of rotatable bonds is 6. The smallest absolute Gasteiger partial charge is 0.243 e. The van der Waals surface area contributed by atoms with Gasteiger partial charge < -0.3 is 4.90 Å². The number of benzene rings is 2. The normalized spacial score (nSPS) is 20.7. The van der Waals surface area contributed by atoms with Crippen molar-refractivity contribution in [3.05, 3.63) is 71.8 Å². The fourth-order valence-electron chi connectivity index (χ4n) is 3.47. The van der Waals surface area contributed by atoms with E-state index in [-0.39, 0.29) is 18.0 Å². The Labute approximate surface area is 138 Å². The molecule has 1 saturated heterocycles. The van der Waals surface area contributed by atoms with Crippen LogP contribution in [0, 0.1) is 0 Å². The van der Waals surface area contributed by atoms with E-state index in [9.17, 15) is 4.79 Å². The highest BCUT2D eigenvalue weighted by molar-refractivity contribution is 5.90. The Hall–Kier alpha value is -2.13. The monoisotopic (exact) mass is 308 g/mol. The lowest BCUT2D eigenvalue weighted by Gasteiger charge is -2.51. The molecule has 0 N–H and O–H groups in total. The van der Waals surface area contributed by atoms with Gasteiger partial charge in [-0.05, 0) is 24.2 Å². The first kappa shape index (κ1) is 15.8. The van der Waals surface area contributed by atoms with E-state index in [1.165, 1.54) is 11.1 Å². The molecule has 0 unspecified atom stereocenters. The van der Waals surface area contributed by atoms with E-state index in [1.807, 2.05) is 29.2 Å². The van der Waals surface area contributed by atoms with Crippen molar-refractivity contribution in [2.24, 2.45) is 0 Å². The largest absolute Gasteiger partial charge is 0.328 e. The lowest BCUT2D eigenvalue weighted by atomic mass is 9.86. The van der Waals surface area contributed by atoms with Crippen LogP contribution in [0.25, 0.3) is 0 Å². The summed E-state index contributed by atoms with van der Waals surface area (Å²) in [6, 6.07) is 20.7. The number of likely N-dealkylation sites (tertiary alicyclic amines) is 1.